The van der Waals surface area contributed by atoms with Gasteiger partial charge in [-0.05, 0) is 57.3 Å². The average molecular weight is 662 g/mol. The number of fused-ring (bicyclic) bond motifs is 6. The molecule has 0 fully saturated rings. The van der Waals surface area contributed by atoms with Crippen molar-refractivity contribution in [2.24, 2.45) is 0 Å². The van der Waals surface area contributed by atoms with Gasteiger partial charge in [-0.2, -0.15) is 0 Å². The first-order chi connectivity index (χ1) is 25.8. The van der Waals surface area contributed by atoms with E-state index in [1.54, 1.807) is 0 Å². The lowest BCUT2D eigenvalue weighted by Gasteiger charge is -2.16. The number of rotatable bonds is 5. The highest BCUT2D eigenvalue weighted by molar-refractivity contribution is 6.18. The molecule has 0 N–H and O–H groups in total. The fraction of sp³-hybridized carbons (Fsp3) is 0. The van der Waals surface area contributed by atoms with Gasteiger partial charge in [-0.1, -0.05) is 164 Å². The standard InChI is InChI=1S/C49H31N3/c1-4-12-32(13-5-1)42-31-45(35-16-8-3-9-17-35)50-46-30-41(39-18-10-11-19-40(39)47(42)46)33-20-22-36(23-21-33)44-29-27-38-25-24-37-26-28-43(34-14-6-2-7-15-34)51-48(37)49(38)52-44/h1-31H. The SMILES string of the molecule is c1ccc(-c2cc(-c3ccccc3)c3c(cc(-c4ccc(-c5ccc6ccc7ccc(-c8ccccc8)nc7c6n5)cc4)c4ccccc43)n2)cc1. The van der Waals surface area contributed by atoms with Crippen molar-refractivity contribution in [3.63, 3.8) is 0 Å². The predicted molar refractivity (Wildman–Crippen MR) is 217 cm³/mol. The van der Waals surface area contributed by atoms with Crippen LogP contribution in [0, 0.1) is 0 Å². The van der Waals surface area contributed by atoms with Crippen LogP contribution < -0.4 is 0 Å². The van der Waals surface area contributed by atoms with Gasteiger partial charge < -0.3 is 0 Å². The van der Waals surface area contributed by atoms with Gasteiger partial charge in [-0.25, -0.2) is 15.0 Å². The van der Waals surface area contributed by atoms with E-state index in [0.29, 0.717) is 0 Å². The van der Waals surface area contributed by atoms with Gasteiger partial charge in [0.05, 0.1) is 33.6 Å². The molecule has 3 aromatic heterocycles. The molecule has 0 amide bonds. The highest BCUT2D eigenvalue weighted by atomic mass is 14.8. The summed E-state index contributed by atoms with van der Waals surface area (Å²) in [6.45, 7) is 0. The third kappa shape index (κ3) is 5.19. The molecule has 242 valence electrons. The lowest BCUT2D eigenvalue weighted by Crippen LogP contribution is -1.93. The quantitative estimate of drug-likeness (QED) is 0.172. The van der Waals surface area contributed by atoms with E-state index >= 15 is 0 Å². The third-order valence-electron chi connectivity index (χ3n) is 10.1. The highest BCUT2D eigenvalue weighted by Crippen LogP contribution is 2.41. The monoisotopic (exact) mass is 661 g/mol. The number of nitrogens with zero attached hydrogens (tertiary/aromatic N) is 3. The van der Waals surface area contributed by atoms with Crippen molar-refractivity contribution in [3.8, 4) is 56.0 Å². The molecule has 0 aliphatic carbocycles. The maximum absolute atomic E-state index is 5.30. The molecule has 0 radical (unpaired) electrons. The van der Waals surface area contributed by atoms with E-state index in [0.717, 1.165) is 72.2 Å². The summed E-state index contributed by atoms with van der Waals surface area (Å²) < 4.78 is 0. The van der Waals surface area contributed by atoms with Gasteiger partial charge >= 0.3 is 0 Å². The van der Waals surface area contributed by atoms with Crippen molar-refractivity contribution in [1.82, 2.24) is 15.0 Å². The molecule has 0 aliphatic heterocycles. The molecule has 52 heavy (non-hydrogen) atoms. The van der Waals surface area contributed by atoms with E-state index in [1.165, 1.54) is 27.3 Å². The molecule has 0 atom stereocenters. The minimum absolute atomic E-state index is 0.909. The highest BCUT2D eigenvalue weighted by Gasteiger charge is 2.16. The Bertz CT molecular complexity index is 2920. The second-order valence-corrected chi connectivity index (χ2v) is 13.2. The summed E-state index contributed by atoms with van der Waals surface area (Å²) in [6.07, 6.45) is 0. The van der Waals surface area contributed by atoms with Gasteiger partial charge in [0.2, 0.25) is 0 Å². The molecular formula is C49H31N3. The molecule has 0 saturated heterocycles. The molecule has 0 saturated carbocycles. The zero-order valence-electron chi connectivity index (χ0n) is 28.2. The van der Waals surface area contributed by atoms with Crippen LogP contribution in [0.3, 0.4) is 0 Å². The Hall–Kier alpha value is -6.97. The predicted octanol–water partition coefficient (Wildman–Crippen LogP) is 12.8. The van der Waals surface area contributed by atoms with Crippen molar-refractivity contribution in [2.75, 3.05) is 0 Å². The zero-order chi connectivity index (χ0) is 34.4. The van der Waals surface area contributed by atoms with Crippen molar-refractivity contribution < 1.29 is 0 Å². The van der Waals surface area contributed by atoms with E-state index in [-0.39, 0.29) is 0 Å². The van der Waals surface area contributed by atoms with Gasteiger partial charge in [0.15, 0.2) is 0 Å². The summed E-state index contributed by atoms with van der Waals surface area (Å²) in [7, 11) is 0. The molecule has 0 bridgehead atoms. The summed E-state index contributed by atoms with van der Waals surface area (Å²) >= 11 is 0. The summed E-state index contributed by atoms with van der Waals surface area (Å²) in [4.78, 5) is 15.6. The fourth-order valence-electron chi connectivity index (χ4n) is 7.46. The number of aromatic nitrogens is 3. The minimum atomic E-state index is 0.909. The van der Waals surface area contributed by atoms with E-state index in [9.17, 15) is 0 Å². The van der Waals surface area contributed by atoms with Gasteiger partial charge in [-0.15, -0.1) is 0 Å². The topological polar surface area (TPSA) is 38.7 Å². The maximum atomic E-state index is 5.30. The molecule has 7 aromatic carbocycles. The maximum Gasteiger partial charge on any atom is 0.0972 e. The molecule has 3 nitrogen and oxygen atoms in total. The fourth-order valence-corrected chi connectivity index (χ4v) is 7.46. The molecule has 10 aromatic rings. The van der Waals surface area contributed by atoms with Crippen LogP contribution in [-0.2, 0) is 0 Å². The molecular weight excluding hydrogens is 631 g/mol. The molecule has 10 rings (SSSR count). The first-order valence-corrected chi connectivity index (χ1v) is 17.6. The van der Waals surface area contributed by atoms with Gasteiger partial charge in [-0.3, -0.25) is 0 Å². The molecule has 0 spiro atoms. The first kappa shape index (κ1) is 29.9. The van der Waals surface area contributed by atoms with Crippen molar-refractivity contribution in [3.05, 3.63) is 188 Å². The Balaban J connectivity index is 1.11. The molecule has 3 heterocycles. The lowest BCUT2D eigenvalue weighted by molar-refractivity contribution is 1.36. The van der Waals surface area contributed by atoms with E-state index in [1.807, 2.05) is 24.3 Å². The Morgan fingerprint density at radius 3 is 1.33 bits per heavy atom. The summed E-state index contributed by atoms with van der Waals surface area (Å²) in [6, 6.07) is 66.2. The van der Waals surface area contributed by atoms with Gasteiger partial charge in [0.25, 0.3) is 0 Å². The Morgan fingerprint density at radius 2 is 0.731 bits per heavy atom. The Morgan fingerprint density at radius 1 is 0.288 bits per heavy atom. The largest absolute Gasteiger partial charge is 0.248 e. The molecule has 0 aliphatic rings. The molecule has 3 heteroatoms. The zero-order valence-corrected chi connectivity index (χ0v) is 28.2. The second-order valence-electron chi connectivity index (χ2n) is 13.2. The van der Waals surface area contributed by atoms with Crippen molar-refractivity contribution >= 4 is 43.5 Å². The third-order valence-corrected chi connectivity index (χ3v) is 10.1. The van der Waals surface area contributed by atoms with E-state index < -0.39 is 0 Å². The number of hydrogen-bond acceptors (Lipinski definition) is 3. The number of hydrogen-bond donors (Lipinski definition) is 0. The van der Waals surface area contributed by atoms with Crippen LogP contribution in [0.2, 0.25) is 0 Å². The lowest BCUT2D eigenvalue weighted by atomic mass is 9.90. The van der Waals surface area contributed by atoms with Gasteiger partial charge in [0, 0.05) is 32.8 Å². The average Bonchev–Trinajstić information content (AvgIpc) is 3.23. The second kappa shape index (κ2) is 12.4. The van der Waals surface area contributed by atoms with Crippen LogP contribution in [0.1, 0.15) is 0 Å². The Kier molecular flexibility index (Phi) is 7.14. The number of benzene rings is 7. The van der Waals surface area contributed by atoms with E-state index in [4.69, 9.17) is 15.0 Å². The van der Waals surface area contributed by atoms with Crippen LogP contribution >= 0.6 is 0 Å². The van der Waals surface area contributed by atoms with Crippen molar-refractivity contribution in [1.29, 1.82) is 0 Å². The van der Waals surface area contributed by atoms with Crippen LogP contribution in [0.5, 0.6) is 0 Å². The normalized spacial score (nSPS) is 11.5. The Labute approximate surface area is 301 Å². The van der Waals surface area contributed by atoms with E-state index in [2.05, 4.69) is 164 Å². The number of pyridine rings is 3. The van der Waals surface area contributed by atoms with Crippen LogP contribution in [0.15, 0.2) is 188 Å². The van der Waals surface area contributed by atoms with Crippen molar-refractivity contribution in [2.45, 2.75) is 0 Å². The summed E-state index contributed by atoms with van der Waals surface area (Å²) in [5.74, 6) is 0. The smallest absolute Gasteiger partial charge is 0.0972 e. The first-order valence-electron chi connectivity index (χ1n) is 17.6. The van der Waals surface area contributed by atoms with Crippen LogP contribution in [0.25, 0.3) is 99.5 Å². The van der Waals surface area contributed by atoms with Gasteiger partial charge in [0.1, 0.15) is 0 Å². The van der Waals surface area contributed by atoms with Crippen LogP contribution in [-0.4, -0.2) is 15.0 Å². The molecule has 0 unspecified atom stereocenters. The summed E-state index contributed by atoms with van der Waals surface area (Å²) in [5, 5.41) is 5.71. The minimum Gasteiger partial charge on any atom is -0.248 e. The summed E-state index contributed by atoms with van der Waals surface area (Å²) in [5.41, 5.74) is 13.5. The van der Waals surface area contributed by atoms with Crippen LogP contribution in [0.4, 0.5) is 0 Å².